The van der Waals surface area contributed by atoms with Crippen molar-refractivity contribution in [2.75, 3.05) is 18.1 Å². The van der Waals surface area contributed by atoms with Gasteiger partial charge in [0.25, 0.3) is 5.69 Å². The lowest BCUT2D eigenvalue weighted by atomic mass is 9.77. The van der Waals surface area contributed by atoms with Crippen LogP contribution < -0.4 is 4.90 Å². The van der Waals surface area contributed by atoms with Crippen LogP contribution in [0.25, 0.3) is 0 Å². The fraction of sp³-hybridized carbons (Fsp3) is 0.381. The van der Waals surface area contributed by atoms with Crippen molar-refractivity contribution < 1.29 is 14.5 Å². The third kappa shape index (κ3) is 3.45. The number of ether oxygens (including phenoxy) is 1. The van der Waals surface area contributed by atoms with Crippen LogP contribution in [0.3, 0.4) is 0 Å². The van der Waals surface area contributed by atoms with Crippen LogP contribution in [-0.4, -0.2) is 24.0 Å². The van der Waals surface area contributed by atoms with Crippen LogP contribution in [0.1, 0.15) is 37.8 Å². The van der Waals surface area contributed by atoms with Crippen LogP contribution in [0.2, 0.25) is 0 Å². The molecule has 0 atom stereocenters. The molecule has 0 fully saturated rings. The number of nitro benzene ring substituents is 1. The first-order chi connectivity index (χ1) is 13.0. The molecule has 0 spiro atoms. The molecule has 0 saturated carbocycles. The second-order valence-corrected chi connectivity index (χ2v) is 6.74. The van der Waals surface area contributed by atoms with Gasteiger partial charge in [-0.2, -0.15) is 0 Å². The maximum atomic E-state index is 13.2. The second-order valence-electron chi connectivity index (χ2n) is 6.74. The quantitative estimate of drug-likeness (QED) is 0.397. The highest BCUT2D eigenvalue weighted by Gasteiger charge is 2.48. The molecule has 142 valence electrons. The van der Waals surface area contributed by atoms with Crippen molar-refractivity contribution in [2.24, 2.45) is 0 Å². The van der Waals surface area contributed by atoms with Crippen molar-refractivity contribution in [3.05, 3.63) is 69.8 Å². The third-order valence-electron chi connectivity index (χ3n) is 5.43. The van der Waals surface area contributed by atoms with E-state index in [1.165, 1.54) is 6.07 Å². The molecule has 27 heavy (non-hydrogen) atoms. The first-order valence-electron chi connectivity index (χ1n) is 9.26. The summed E-state index contributed by atoms with van der Waals surface area (Å²) >= 11 is 0. The summed E-state index contributed by atoms with van der Waals surface area (Å²) in [5, 5.41) is 11.2. The number of nitro groups is 1. The molecule has 1 aliphatic heterocycles. The zero-order chi connectivity index (χ0) is 19.4. The molecule has 1 amide bonds. The van der Waals surface area contributed by atoms with E-state index < -0.39 is 10.3 Å². The Morgan fingerprint density at radius 2 is 1.81 bits per heavy atom. The fourth-order valence-corrected chi connectivity index (χ4v) is 3.81. The molecule has 0 bridgehead atoms. The largest absolute Gasteiger partial charge is 0.375 e. The minimum absolute atomic E-state index is 0.00584. The van der Waals surface area contributed by atoms with Gasteiger partial charge in [0.05, 0.1) is 23.6 Å². The van der Waals surface area contributed by atoms with Gasteiger partial charge in [-0.1, -0.05) is 44.2 Å². The highest BCUT2D eigenvalue weighted by Crippen LogP contribution is 2.47. The van der Waals surface area contributed by atoms with Gasteiger partial charge >= 0.3 is 0 Å². The monoisotopic (exact) mass is 368 g/mol. The average Bonchev–Trinajstić information content (AvgIpc) is 2.93. The Morgan fingerprint density at radius 1 is 1.11 bits per heavy atom. The summed E-state index contributed by atoms with van der Waals surface area (Å²) in [5.74, 6) is 0.00584. The van der Waals surface area contributed by atoms with Gasteiger partial charge in [0.1, 0.15) is 0 Å². The lowest BCUT2D eigenvalue weighted by Gasteiger charge is -2.26. The fourth-order valence-electron chi connectivity index (χ4n) is 3.81. The standard InChI is InChI=1S/C21H24N2O4/c1-3-21(4-2)18-14-17(23(25)26)10-11-19(18)22(20(21)24)12-13-27-15-16-8-6-5-7-9-16/h5-11,14H,3-4,12-13,15H2,1-2H3. The topological polar surface area (TPSA) is 72.7 Å². The summed E-state index contributed by atoms with van der Waals surface area (Å²) in [5.41, 5.74) is 1.93. The van der Waals surface area contributed by atoms with E-state index in [4.69, 9.17) is 4.74 Å². The van der Waals surface area contributed by atoms with Crippen LogP contribution in [0.5, 0.6) is 0 Å². The SMILES string of the molecule is CCC1(CC)C(=O)N(CCOCc2ccccc2)c2ccc([N+](=O)[O-])cc21. The van der Waals surface area contributed by atoms with E-state index in [1.54, 1.807) is 17.0 Å². The summed E-state index contributed by atoms with van der Waals surface area (Å²) < 4.78 is 5.74. The summed E-state index contributed by atoms with van der Waals surface area (Å²) in [6.45, 7) is 5.24. The summed E-state index contributed by atoms with van der Waals surface area (Å²) in [7, 11) is 0. The zero-order valence-electron chi connectivity index (χ0n) is 15.7. The van der Waals surface area contributed by atoms with Crippen LogP contribution in [0, 0.1) is 10.1 Å². The Morgan fingerprint density at radius 3 is 2.44 bits per heavy atom. The molecule has 2 aromatic rings. The first-order valence-corrected chi connectivity index (χ1v) is 9.26. The lowest BCUT2D eigenvalue weighted by Crippen LogP contribution is -2.41. The molecule has 0 radical (unpaired) electrons. The van der Waals surface area contributed by atoms with Gasteiger partial charge in [-0.25, -0.2) is 0 Å². The molecule has 0 unspecified atom stereocenters. The number of benzene rings is 2. The minimum Gasteiger partial charge on any atom is -0.375 e. The maximum absolute atomic E-state index is 13.2. The summed E-state index contributed by atoms with van der Waals surface area (Å²) in [4.78, 5) is 25.7. The van der Waals surface area contributed by atoms with Gasteiger partial charge in [-0.15, -0.1) is 0 Å². The van der Waals surface area contributed by atoms with Gasteiger partial charge in [0.15, 0.2) is 0 Å². The van der Waals surface area contributed by atoms with Crippen LogP contribution in [-0.2, 0) is 21.6 Å². The molecule has 0 N–H and O–H groups in total. The number of fused-ring (bicyclic) bond motifs is 1. The molecule has 1 heterocycles. The van der Waals surface area contributed by atoms with E-state index in [9.17, 15) is 14.9 Å². The normalized spacial score (nSPS) is 15.0. The van der Waals surface area contributed by atoms with Crippen molar-refractivity contribution in [3.8, 4) is 0 Å². The number of amides is 1. The smallest absolute Gasteiger partial charge is 0.269 e. The van der Waals surface area contributed by atoms with Crippen molar-refractivity contribution in [1.82, 2.24) is 0 Å². The Bertz CT molecular complexity index is 831. The molecule has 0 aromatic heterocycles. The van der Waals surface area contributed by atoms with Gasteiger partial charge in [0.2, 0.25) is 5.91 Å². The number of nitrogens with zero attached hydrogens (tertiary/aromatic N) is 2. The number of carbonyl (C=O) groups is 1. The van der Waals surface area contributed by atoms with Gasteiger partial charge < -0.3 is 9.64 Å². The Hall–Kier alpha value is -2.73. The van der Waals surface area contributed by atoms with E-state index in [-0.39, 0.29) is 11.6 Å². The molecule has 3 rings (SSSR count). The molecule has 2 aromatic carbocycles. The first kappa shape index (κ1) is 19.0. The molecule has 6 nitrogen and oxygen atoms in total. The number of anilines is 1. The van der Waals surface area contributed by atoms with Crippen molar-refractivity contribution in [3.63, 3.8) is 0 Å². The molecule has 0 saturated heterocycles. The Kier molecular flexibility index (Phi) is 5.56. The van der Waals surface area contributed by atoms with E-state index >= 15 is 0 Å². The van der Waals surface area contributed by atoms with Crippen LogP contribution in [0.15, 0.2) is 48.5 Å². The van der Waals surface area contributed by atoms with Crippen LogP contribution in [0.4, 0.5) is 11.4 Å². The Labute approximate surface area is 158 Å². The summed E-state index contributed by atoms with van der Waals surface area (Å²) in [6.07, 6.45) is 1.22. The predicted octanol–water partition coefficient (Wildman–Crippen LogP) is 4.22. The number of non-ortho nitro benzene ring substituents is 1. The van der Waals surface area contributed by atoms with Crippen molar-refractivity contribution >= 4 is 17.3 Å². The lowest BCUT2D eigenvalue weighted by molar-refractivity contribution is -0.384. The predicted molar refractivity (Wildman–Crippen MR) is 104 cm³/mol. The average molecular weight is 368 g/mol. The third-order valence-corrected chi connectivity index (χ3v) is 5.43. The van der Waals surface area contributed by atoms with Crippen molar-refractivity contribution in [2.45, 2.75) is 38.7 Å². The highest BCUT2D eigenvalue weighted by molar-refractivity contribution is 6.08. The van der Waals surface area contributed by atoms with Gasteiger partial charge in [0, 0.05) is 24.4 Å². The minimum atomic E-state index is -0.694. The molecule has 1 aliphatic rings. The zero-order valence-corrected chi connectivity index (χ0v) is 15.7. The second kappa shape index (κ2) is 7.88. The van der Waals surface area contributed by atoms with E-state index in [0.29, 0.717) is 32.6 Å². The van der Waals surface area contributed by atoms with Gasteiger partial charge in [-0.05, 0) is 30.0 Å². The Balaban J connectivity index is 1.78. The van der Waals surface area contributed by atoms with E-state index in [2.05, 4.69) is 0 Å². The number of hydrogen-bond donors (Lipinski definition) is 0. The highest BCUT2D eigenvalue weighted by atomic mass is 16.6. The molecular weight excluding hydrogens is 344 g/mol. The maximum Gasteiger partial charge on any atom is 0.269 e. The van der Waals surface area contributed by atoms with Crippen LogP contribution >= 0.6 is 0 Å². The number of rotatable bonds is 8. The molecule has 6 heteroatoms. The van der Waals surface area contributed by atoms with Crippen molar-refractivity contribution in [1.29, 1.82) is 0 Å². The number of hydrogen-bond acceptors (Lipinski definition) is 4. The number of carbonyl (C=O) groups excluding carboxylic acids is 1. The molecule has 0 aliphatic carbocycles. The molecular formula is C21H24N2O4. The summed E-state index contributed by atoms with van der Waals surface area (Å²) in [6, 6.07) is 14.6. The van der Waals surface area contributed by atoms with E-state index in [0.717, 1.165) is 16.8 Å². The van der Waals surface area contributed by atoms with Gasteiger partial charge in [-0.3, -0.25) is 14.9 Å². The van der Waals surface area contributed by atoms with E-state index in [1.807, 2.05) is 44.2 Å².